The average molecular weight is 248 g/mol. The third kappa shape index (κ3) is 2.13. The van der Waals surface area contributed by atoms with Gasteiger partial charge in [0, 0.05) is 6.20 Å². The first-order valence-corrected chi connectivity index (χ1v) is 6.00. The van der Waals surface area contributed by atoms with Gasteiger partial charge in [0.15, 0.2) is 0 Å². The summed E-state index contributed by atoms with van der Waals surface area (Å²) in [4.78, 5) is 29.1. The molecule has 1 unspecified atom stereocenters. The maximum absolute atomic E-state index is 12.0. The van der Waals surface area contributed by atoms with Crippen molar-refractivity contribution in [1.82, 2.24) is 9.88 Å². The monoisotopic (exact) mass is 248 g/mol. The van der Waals surface area contributed by atoms with Gasteiger partial charge < -0.3 is 5.11 Å². The Morgan fingerprint density at radius 3 is 2.72 bits per heavy atom. The lowest BCUT2D eigenvalue weighted by Gasteiger charge is -2.27. The van der Waals surface area contributed by atoms with Crippen LogP contribution in [0.1, 0.15) is 47.5 Å². The minimum absolute atomic E-state index is 0.00880. The number of carbonyl (C=O) groups excluding carboxylic acids is 2. The molecule has 0 saturated heterocycles. The average Bonchev–Trinajstić information content (AvgIpc) is 2.55. The maximum atomic E-state index is 12.0. The number of fused-ring (bicyclic) bond motifs is 1. The summed E-state index contributed by atoms with van der Waals surface area (Å²) in [6, 6.07) is 3.20. The van der Waals surface area contributed by atoms with Gasteiger partial charge in [0.05, 0.1) is 17.7 Å². The van der Waals surface area contributed by atoms with Crippen molar-refractivity contribution in [1.29, 1.82) is 0 Å². The van der Waals surface area contributed by atoms with E-state index in [1.165, 1.54) is 6.20 Å². The highest BCUT2D eigenvalue weighted by atomic mass is 16.3. The van der Waals surface area contributed by atoms with Crippen molar-refractivity contribution >= 4 is 11.8 Å². The molecule has 1 aliphatic rings. The van der Waals surface area contributed by atoms with Crippen molar-refractivity contribution in [3.63, 3.8) is 0 Å². The highest BCUT2D eigenvalue weighted by Gasteiger charge is 2.39. The molecule has 18 heavy (non-hydrogen) atoms. The Hall–Kier alpha value is -1.75. The second-order valence-corrected chi connectivity index (χ2v) is 4.84. The van der Waals surface area contributed by atoms with E-state index in [1.807, 2.05) is 6.92 Å². The van der Waals surface area contributed by atoms with Crippen LogP contribution in [0.2, 0.25) is 0 Å². The summed E-state index contributed by atoms with van der Waals surface area (Å²) in [7, 11) is 0. The SMILES string of the molecule is CCCC(C)(O)CN1C(=O)c2cccnc2C1=O. The van der Waals surface area contributed by atoms with Gasteiger partial charge in [-0.15, -0.1) is 0 Å². The number of hydrogen-bond donors (Lipinski definition) is 1. The molecule has 2 heterocycles. The Bertz CT molecular complexity index is 462. The second-order valence-electron chi connectivity index (χ2n) is 4.84. The van der Waals surface area contributed by atoms with Gasteiger partial charge in [-0.2, -0.15) is 0 Å². The maximum Gasteiger partial charge on any atom is 0.280 e. The van der Waals surface area contributed by atoms with E-state index in [0.717, 1.165) is 11.3 Å². The zero-order valence-electron chi connectivity index (χ0n) is 10.5. The number of rotatable bonds is 4. The van der Waals surface area contributed by atoms with Gasteiger partial charge in [-0.1, -0.05) is 13.3 Å². The molecule has 1 aromatic heterocycles. The molecule has 0 saturated carbocycles. The number of aromatic nitrogens is 1. The summed E-state index contributed by atoms with van der Waals surface area (Å²) in [6.45, 7) is 3.58. The van der Waals surface area contributed by atoms with E-state index >= 15 is 0 Å². The second kappa shape index (κ2) is 4.49. The number of imide groups is 1. The molecule has 1 atom stereocenters. The van der Waals surface area contributed by atoms with E-state index in [-0.39, 0.29) is 18.1 Å². The van der Waals surface area contributed by atoms with Crippen LogP contribution in [0.5, 0.6) is 0 Å². The lowest BCUT2D eigenvalue weighted by atomic mass is 10.0. The number of amides is 2. The number of aliphatic hydroxyl groups is 1. The zero-order chi connectivity index (χ0) is 13.3. The largest absolute Gasteiger partial charge is 0.388 e. The number of carbonyl (C=O) groups is 2. The van der Waals surface area contributed by atoms with Crippen molar-refractivity contribution in [2.45, 2.75) is 32.3 Å². The van der Waals surface area contributed by atoms with Crippen LogP contribution < -0.4 is 0 Å². The first kappa shape index (κ1) is 12.7. The fourth-order valence-corrected chi connectivity index (χ4v) is 2.22. The van der Waals surface area contributed by atoms with Crippen LogP contribution in [0.25, 0.3) is 0 Å². The Balaban J connectivity index is 2.24. The molecule has 1 aliphatic heterocycles. The minimum atomic E-state index is -1.05. The van der Waals surface area contributed by atoms with E-state index in [9.17, 15) is 14.7 Å². The molecule has 0 spiro atoms. The predicted molar refractivity (Wildman–Crippen MR) is 65.1 cm³/mol. The molecular weight excluding hydrogens is 232 g/mol. The van der Waals surface area contributed by atoms with Gasteiger partial charge >= 0.3 is 0 Å². The van der Waals surface area contributed by atoms with E-state index in [2.05, 4.69) is 4.98 Å². The topological polar surface area (TPSA) is 70.5 Å². The fourth-order valence-electron chi connectivity index (χ4n) is 2.22. The van der Waals surface area contributed by atoms with Crippen molar-refractivity contribution in [3.8, 4) is 0 Å². The number of β-amino-alcohol motifs (C(OH)–C–C–N with tert-alkyl or cyclic N) is 1. The lowest BCUT2D eigenvalue weighted by molar-refractivity contribution is 0.0139. The standard InChI is InChI=1S/C13H16N2O3/c1-3-6-13(2,18)8-15-11(16)9-5-4-7-14-10(9)12(15)17/h4-5,7,18H,3,6,8H2,1-2H3. The molecule has 0 bridgehead atoms. The summed E-state index contributed by atoms with van der Waals surface area (Å²) in [5.41, 5.74) is -0.563. The molecule has 0 aliphatic carbocycles. The summed E-state index contributed by atoms with van der Waals surface area (Å²) in [5.74, 6) is -0.800. The van der Waals surface area contributed by atoms with Crippen LogP contribution in [0.3, 0.4) is 0 Å². The summed E-state index contributed by atoms with van der Waals surface area (Å²) in [6.07, 6.45) is 2.81. The van der Waals surface area contributed by atoms with Crippen LogP contribution in [0, 0.1) is 0 Å². The summed E-state index contributed by atoms with van der Waals surface area (Å²) in [5, 5.41) is 10.1. The zero-order valence-corrected chi connectivity index (χ0v) is 10.5. The van der Waals surface area contributed by atoms with Gasteiger partial charge in [-0.25, -0.2) is 0 Å². The van der Waals surface area contributed by atoms with Gasteiger partial charge in [-0.05, 0) is 25.5 Å². The van der Waals surface area contributed by atoms with E-state index in [0.29, 0.717) is 12.0 Å². The molecule has 2 rings (SSSR count). The minimum Gasteiger partial charge on any atom is -0.388 e. The van der Waals surface area contributed by atoms with Crippen molar-refractivity contribution in [2.24, 2.45) is 0 Å². The van der Waals surface area contributed by atoms with Gasteiger partial charge in [0.2, 0.25) is 0 Å². The summed E-state index contributed by atoms with van der Waals surface area (Å²) < 4.78 is 0. The Kier molecular flexibility index (Phi) is 3.17. The Morgan fingerprint density at radius 1 is 1.39 bits per heavy atom. The number of hydrogen-bond acceptors (Lipinski definition) is 4. The molecule has 0 aromatic carbocycles. The first-order chi connectivity index (χ1) is 8.46. The van der Waals surface area contributed by atoms with Crippen molar-refractivity contribution in [3.05, 3.63) is 29.6 Å². The van der Waals surface area contributed by atoms with Crippen molar-refractivity contribution in [2.75, 3.05) is 6.54 Å². The molecule has 1 aromatic rings. The predicted octanol–water partition coefficient (Wildman–Crippen LogP) is 1.23. The highest BCUT2D eigenvalue weighted by molar-refractivity contribution is 6.20. The Labute approximate surface area is 105 Å². The molecule has 5 heteroatoms. The molecular formula is C13H16N2O3. The van der Waals surface area contributed by atoms with Crippen LogP contribution in [0.4, 0.5) is 0 Å². The van der Waals surface area contributed by atoms with Crippen LogP contribution in [-0.2, 0) is 0 Å². The van der Waals surface area contributed by atoms with Crippen LogP contribution in [-0.4, -0.2) is 39.0 Å². The third-order valence-corrected chi connectivity index (χ3v) is 3.02. The van der Waals surface area contributed by atoms with Crippen LogP contribution >= 0.6 is 0 Å². The molecule has 2 amide bonds. The van der Waals surface area contributed by atoms with E-state index < -0.39 is 11.5 Å². The van der Waals surface area contributed by atoms with Crippen molar-refractivity contribution < 1.29 is 14.7 Å². The summed E-state index contributed by atoms with van der Waals surface area (Å²) >= 11 is 0. The number of pyridine rings is 1. The Morgan fingerprint density at radius 2 is 2.11 bits per heavy atom. The molecule has 0 radical (unpaired) electrons. The normalized spacial score (nSPS) is 17.8. The molecule has 1 N–H and O–H groups in total. The van der Waals surface area contributed by atoms with E-state index in [4.69, 9.17) is 0 Å². The smallest absolute Gasteiger partial charge is 0.280 e. The first-order valence-electron chi connectivity index (χ1n) is 6.00. The van der Waals surface area contributed by atoms with Gasteiger partial charge in [-0.3, -0.25) is 19.5 Å². The lowest BCUT2D eigenvalue weighted by Crippen LogP contribution is -2.43. The van der Waals surface area contributed by atoms with Gasteiger partial charge in [0.1, 0.15) is 5.69 Å². The van der Waals surface area contributed by atoms with E-state index in [1.54, 1.807) is 19.1 Å². The highest BCUT2D eigenvalue weighted by Crippen LogP contribution is 2.24. The van der Waals surface area contributed by atoms with Gasteiger partial charge in [0.25, 0.3) is 11.8 Å². The molecule has 0 fully saturated rings. The quantitative estimate of drug-likeness (QED) is 0.813. The van der Waals surface area contributed by atoms with Crippen LogP contribution in [0.15, 0.2) is 18.3 Å². The third-order valence-electron chi connectivity index (χ3n) is 3.02. The molecule has 96 valence electrons. The fraction of sp³-hybridized carbons (Fsp3) is 0.462. The number of nitrogens with zero attached hydrogens (tertiary/aromatic N) is 2. The molecule has 5 nitrogen and oxygen atoms in total.